The van der Waals surface area contributed by atoms with Crippen molar-refractivity contribution < 1.29 is 4.79 Å². The van der Waals surface area contributed by atoms with Crippen molar-refractivity contribution in [3.05, 3.63) is 23.8 Å². The molecule has 0 spiro atoms. The third-order valence-electron chi connectivity index (χ3n) is 4.14. The Morgan fingerprint density at radius 2 is 2.05 bits per heavy atom. The van der Waals surface area contributed by atoms with Crippen molar-refractivity contribution in [1.29, 1.82) is 0 Å². The minimum absolute atomic E-state index is 0.00709. The van der Waals surface area contributed by atoms with Crippen LogP contribution in [0.5, 0.6) is 0 Å². The molecule has 0 aliphatic carbocycles. The SMILES string of the molecule is CN1CCC(N2C(=O)NCc3c(N)cccc32)CC1. The molecule has 1 fully saturated rings. The number of nitrogens with one attached hydrogen (secondary N) is 1. The van der Waals surface area contributed by atoms with Gasteiger partial charge in [0, 0.05) is 23.8 Å². The molecule has 102 valence electrons. The number of fused-ring (bicyclic) bond motifs is 1. The summed E-state index contributed by atoms with van der Waals surface area (Å²) in [6, 6.07) is 6.10. The zero-order chi connectivity index (χ0) is 13.4. The maximum atomic E-state index is 12.2. The van der Waals surface area contributed by atoms with Gasteiger partial charge in [-0.3, -0.25) is 4.90 Å². The number of nitrogen functional groups attached to an aromatic ring is 1. The van der Waals surface area contributed by atoms with E-state index >= 15 is 0 Å². The lowest BCUT2D eigenvalue weighted by atomic mass is 10.00. The molecule has 0 bridgehead atoms. The van der Waals surface area contributed by atoms with Gasteiger partial charge in [0.2, 0.25) is 0 Å². The molecule has 5 nitrogen and oxygen atoms in total. The van der Waals surface area contributed by atoms with Crippen LogP contribution in [0.4, 0.5) is 16.2 Å². The van der Waals surface area contributed by atoms with Gasteiger partial charge in [0.05, 0.1) is 5.69 Å². The van der Waals surface area contributed by atoms with Crippen LogP contribution in [0.1, 0.15) is 18.4 Å². The molecule has 2 amide bonds. The predicted octanol–water partition coefficient (Wildman–Crippen LogP) is 1.39. The predicted molar refractivity (Wildman–Crippen MR) is 76.1 cm³/mol. The van der Waals surface area contributed by atoms with Crippen LogP contribution < -0.4 is 16.0 Å². The second-order valence-electron chi connectivity index (χ2n) is 5.41. The maximum Gasteiger partial charge on any atom is 0.322 e. The van der Waals surface area contributed by atoms with Crippen LogP contribution >= 0.6 is 0 Å². The molecule has 3 N–H and O–H groups in total. The molecular formula is C14H20N4O. The number of rotatable bonds is 1. The monoisotopic (exact) mass is 260 g/mol. The average Bonchev–Trinajstić information content (AvgIpc) is 2.40. The second-order valence-corrected chi connectivity index (χ2v) is 5.41. The summed E-state index contributed by atoms with van der Waals surface area (Å²) in [6.45, 7) is 2.60. The Kier molecular flexibility index (Phi) is 3.06. The van der Waals surface area contributed by atoms with E-state index in [2.05, 4.69) is 17.3 Å². The molecule has 0 atom stereocenters. The normalized spacial score (nSPS) is 21.1. The lowest BCUT2D eigenvalue weighted by molar-refractivity contribution is 0.225. The third kappa shape index (κ3) is 2.14. The number of carbonyl (C=O) groups is 1. The Hall–Kier alpha value is -1.75. The van der Waals surface area contributed by atoms with Crippen molar-refractivity contribution >= 4 is 17.4 Å². The molecular weight excluding hydrogens is 240 g/mol. The first-order valence-corrected chi connectivity index (χ1v) is 6.80. The highest BCUT2D eigenvalue weighted by Crippen LogP contribution is 2.32. The van der Waals surface area contributed by atoms with E-state index in [0.29, 0.717) is 6.54 Å². The summed E-state index contributed by atoms with van der Waals surface area (Å²) in [5.41, 5.74) is 8.80. The Morgan fingerprint density at radius 3 is 2.79 bits per heavy atom. The lowest BCUT2D eigenvalue weighted by Crippen LogP contribution is -2.53. The quantitative estimate of drug-likeness (QED) is 0.750. The van der Waals surface area contributed by atoms with Crippen molar-refractivity contribution in [2.45, 2.75) is 25.4 Å². The van der Waals surface area contributed by atoms with Gasteiger partial charge in [0.25, 0.3) is 0 Å². The molecule has 0 unspecified atom stereocenters. The summed E-state index contributed by atoms with van der Waals surface area (Å²) in [4.78, 5) is 16.4. The summed E-state index contributed by atoms with van der Waals surface area (Å²) >= 11 is 0. The molecule has 0 aromatic heterocycles. The smallest absolute Gasteiger partial charge is 0.322 e. The second kappa shape index (κ2) is 4.74. The van der Waals surface area contributed by atoms with Gasteiger partial charge in [0.1, 0.15) is 0 Å². The number of carbonyl (C=O) groups excluding carboxylic acids is 1. The lowest BCUT2D eigenvalue weighted by Gasteiger charge is -2.40. The van der Waals surface area contributed by atoms with Crippen molar-refractivity contribution in [2.24, 2.45) is 0 Å². The highest BCUT2D eigenvalue weighted by Gasteiger charge is 2.32. The first-order valence-electron chi connectivity index (χ1n) is 6.80. The Labute approximate surface area is 113 Å². The largest absolute Gasteiger partial charge is 0.398 e. The highest BCUT2D eigenvalue weighted by molar-refractivity contribution is 5.96. The minimum Gasteiger partial charge on any atom is -0.398 e. The number of nitrogens with zero attached hydrogens (tertiary/aromatic N) is 2. The van der Waals surface area contributed by atoms with Gasteiger partial charge >= 0.3 is 6.03 Å². The van der Waals surface area contributed by atoms with Crippen molar-refractivity contribution in [3.8, 4) is 0 Å². The number of hydrogen-bond acceptors (Lipinski definition) is 3. The molecule has 2 heterocycles. The molecule has 0 radical (unpaired) electrons. The van der Waals surface area contributed by atoms with Crippen LogP contribution in [0.2, 0.25) is 0 Å². The fourth-order valence-corrected chi connectivity index (χ4v) is 2.98. The minimum atomic E-state index is 0.00709. The number of urea groups is 1. The van der Waals surface area contributed by atoms with E-state index in [1.54, 1.807) is 0 Å². The van der Waals surface area contributed by atoms with Crippen LogP contribution in [0, 0.1) is 0 Å². The van der Waals surface area contributed by atoms with Crippen molar-refractivity contribution in [3.63, 3.8) is 0 Å². The van der Waals surface area contributed by atoms with Crippen molar-refractivity contribution in [2.75, 3.05) is 30.8 Å². The van der Waals surface area contributed by atoms with E-state index in [0.717, 1.165) is 42.9 Å². The molecule has 1 saturated heterocycles. The number of hydrogen-bond donors (Lipinski definition) is 2. The molecule has 3 rings (SSSR count). The van der Waals surface area contributed by atoms with Gasteiger partial charge in [-0.2, -0.15) is 0 Å². The topological polar surface area (TPSA) is 61.6 Å². The van der Waals surface area contributed by atoms with E-state index in [-0.39, 0.29) is 12.1 Å². The highest BCUT2D eigenvalue weighted by atomic mass is 16.2. The van der Waals surface area contributed by atoms with Gasteiger partial charge in [-0.25, -0.2) is 4.79 Å². The summed E-state index contributed by atoms with van der Waals surface area (Å²) in [5, 5.41) is 2.93. The molecule has 2 aliphatic heterocycles. The number of anilines is 2. The molecule has 2 aliphatic rings. The number of benzene rings is 1. The fraction of sp³-hybridized carbons (Fsp3) is 0.500. The molecule has 19 heavy (non-hydrogen) atoms. The van der Waals surface area contributed by atoms with Crippen LogP contribution in [0.15, 0.2) is 18.2 Å². The van der Waals surface area contributed by atoms with E-state index in [1.807, 2.05) is 23.1 Å². The third-order valence-corrected chi connectivity index (χ3v) is 4.14. The van der Waals surface area contributed by atoms with Crippen LogP contribution in [0.3, 0.4) is 0 Å². The average molecular weight is 260 g/mol. The molecule has 0 saturated carbocycles. The maximum absolute atomic E-state index is 12.2. The number of amides is 2. The standard InChI is InChI=1S/C14H20N4O/c1-17-7-5-10(6-8-17)18-13-4-2-3-12(15)11(13)9-16-14(18)19/h2-4,10H,5-9,15H2,1H3,(H,16,19). The summed E-state index contributed by atoms with van der Waals surface area (Å²) in [5.74, 6) is 0. The Balaban J connectivity index is 1.93. The van der Waals surface area contributed by atoms with Crippen molar-refractivity contribution in [1.82, 2.24) is 10.2 Å². The Bertz CT molecular complexity index is 494. The Morgan fingerprint density at radius 1 is 1.32 bits per heavy atom. The van der Waals surface area contributed by atoms with Crippen LogP contribution in [-0.2, 0) is 6.54 Å². The first kappa shape index (κ1) is 12.3. The van der Waals surface area contributed by atoms with Gasteiger partial charge < -0.3 is 16.0 Å². The fourth-order valence-electron chi connectivity index (χ4n) is 2.98. The van der Waals surface area contributed by atoms with Gasteiger partial charge in [0.15, 0.2) is 0 Å². The molecule has 1 aromatic carbocycles. The van der Waals surface area contributed by atoms with E-state index in [1.165, 1.54) is 0 Å². The summed E-state index contributed by atoms with van der Waals surface area (Å²) in [7, 11) is 2.12. The van der Waals surface area contributed by atoms with Crippen LogP contribution in [-0.4, -0.2) is 37.1 Å². The number of likely N-dealkylation sites (tertiary alicyclic amines) is 1. The zero-order valence-corrected chi connectivity index (χ0v) is 11.2. The summed E-state index contributed by atoms with van der Waals surface area (Å²) in [6.07, 6.45) is 2.02. The number of nitrogens with two attached hydrogens (primary N) is 1. The molecule has 1 aromatic rings. The van der Waals surface area contributed by atoms with Crippen LogP contribution in [0.25, 0.3) is 0 Å². The van der Waals surface area contributed by atoms with Gasteiger partial charge in [-0.05, 0) is 45.1 Å². The van der Waals surface area contributed by atoms with E-state index < -0.39 is 0 Å². The van der Waals surface area contributed by atoms with Gasteiger partial charge in [-0.15, -0.1) is 0 Å². The van der Waals surface area contributed by atoms with E-state index in [4.69, 9.17) is 5.73 Å². The number of piperidine rings is 1. The van der Waals surface area contributed by atoms with Gasteiger partial charge in [-0.1, -0.05) is 6.07 Å². The molecule has 5 heteroatoms. The first-order chi connectivity index (χ1) is 9.16. The zero-order valence-electron chi connectivity index (χ0n) is 11.2. The van der Waals surface area contributed by atoms with E-state index in [9.17, 15) is 4.79 Å². The summed E-state index contributed by atoms with van der Waals surface area (Å²) < 4.78 is 0.